The number of esters is 1. The van der Waals surface area contributed by atoms with Crippen LogP contribution in [-0.2, 0) is 27.3 Å². The lowest BCUT2D eigenvalue weighted by Crippen LogP contribution is -2.44. The largest absolute Gasteiger partial charge is 0.508 e. The fourth-order valence-corrected chi connectivity index (χ4v) is 2.50. The molecule has 0 fully saturated rings. The molecule has 28 heavy (non-hydrogen) atoms. The summed E-state index contributed by atoms with van der Waals surface area (Å²) in [6.45, 7) is 5.40. The van der Waals surface area contributed by atoms with E-state index in [1.165, 1.54) is 0 Å². The first kappa shape index (κ1) is 21.3. The third-order valence-corrected chi connectivity index (χ3v) is 3.86. The number of rotatable bonds is 7. The zero-order chi connectivity index (χ0) is 20.6. The molecule has 150 valence electrons. The Hall–Kier alpha value is -3.02. The Morgan fingerprint density at radius 3 is 2.25 bits per heavy atom. The van der Waals surface area contributed by atoms with Crippen molar-refractivity contribution in [1.29, 1.82) is 0 Å². The summed E-state index contributed by atoms with van der Waals surface area (Å²) in [5, 5.41) is 12.0. The van der Waals surface area contributed by atoms with E-state index in [1.807, 2.05) is 30.3 Å². The molecular weight excluding hydrogens is 358 g/mol. The first-order valence-electron chi connectivity index (χ1n) is 9.21. The Morgan fingerprint density at radius 2 is 1.64 bits per heavy atom. The lowest BCUT2D eigenvalue weighted by molar-refractivity contribution is -0.147. The maximum Gasteiger partial charge on any atom is 0.408 e. The molecule has 0 aliphatic heterocycles. The van der Waals surface area contributed by atoms with Gasteiger partial charge in [-0.05, 0) is 56.9 Å². The number of alkyl carbamates (subject to hydrolysis) is 1. The van der Waals surface area contributed by atoms with Crippen molar-refractivity contribution in [1.82, 2.24) is 5.32 Å². The lowest BCUT2D eigenvalue weighted by atomic mass is 10.1. The highest BCUT2D eigenvalue weighted by Gasteiger charge is 2.25. The predicted molar refractivity (Wildman–Crippen MR) is 106 cm³/mol. The van der Waals surface area contributed by atoms with E-state index in [2.05, 4.69) is 5.32 Å². The van der Waals surface area contributed by atoms with E-state index in [9.17, 15) is 14.7 Å². The number of nitrogens with one attached hydrogen (secondary N) is 1. The quantitative estimate of drug-likeness (QED) is 0.705. The number of carbonyl (C=O) groups is 2. The van der Waals surface area contributed by atoms with Crippen molar-refractivity contribution in [3.63, 3.8) is 0 Å². The van der Waals surface area contributed by atoms with Gasteiger partial charge in [-0.2, -0.15) is 0 Å². The van der Waals surface area contributed by atoms with Crippen LogP contribution in [0.3, 0.4) is 0 Å². The molecule has 2 aromatic rings. The number of hydrogen-bond donors (Lipinski definition) is 2. The van der Waals surface area contributed by atoms with Crippen LogP contribution in [0.2, 0.25) is 0 Å². The number of amides is 1. The monoisotopic (exact) mass is 385 g/mol. The smallest absolute Gasteiger partial charge is 0.408 e. The molecule has 0 heterocycles. The molecule has 0 radical (unpaired) electrons. The number of phenolic OH excluding ortho intramolecular Hbond substituents is 1. The standard InChI is InChI=1S/C22H27NO5/c1-22(2,3)28-21(26)23-19(14-11-16-9-12-18(24)13-10-16)20(25)27-15-17-7-5-4-6-8-17/h4-10,12-13,19,24H,11,14-15H2,1-3H3,(H,23,26)/t19-/m1/s1. The molecule has 0 aliphatic rings. The summed E-state index contributed by atoms with van der Waals surface area (Å²) in [7, 11) is 0. The van der Waals surface area contributed by atoms with Gasteiger partial charge in [0.1, 0.15) is 24.0 Å². The van der Waals surface area contributed by atoms with E-state index in [0.717, 1.165) is 11.1 Å². The van der Waals surface area contributed by atoms with Gasteiger partial charge in [-0.25, -0.2) is 9.59 Å². The van der Waals surface area contributed by atoms with Crippen molar-refractivity contribution in [2.45, 2.75) is 51.9 Å². The molecule has 6 nitrogen and oxygen atoms in total. The minimum absolute atomic E-state index is 0.130. The fraction of sp³-hybridized carbons (Fsp3) is 0.364. The zero-order valence-corrected chi connectivity index (χ0v) is 16.5. The zero-order valence-electron chi connectivity index (χ0n) is 16.5. The highest BCUT2D eigenvalue weighted by atomic mass is 16.6. The maximum atomic E-state index is 12.6. The summed E-state index contributed by atoms with van der Waals surface area (Å²) in [6.07, 6.45) is 0.207. The summed E-state index contributed by atoms with van der Waals surface area (Å²) < 4.78 is 10.6. The van der Waals surface area contributed by atoms with Gasteiger partial charge < -0.3 is 19.9 Å². The van der Waals surface area contributed by atoms with E-state index in [4.69, 9.17) is 9.47 Å². The molecule has 0 aromatic heterocycles. The molecule has 1 amide bonds. The molecule has 1 atom stereocenters. The first-order valence-corrected chi connectivity index (χ1v) is 9.21. The van der Waals surface area contributed by atoms with Crippen LogP contribution in [0.4, 0.5) is 4.79 Å². The van der Waals surface area contributed by atoms with Crippen LogP contribution < -0.4 is 5.32 Å². The van der Waals surface area contributed by atoms with Crippen molar-refractivity contribution in [3.05, 3.63) is 65.7 Å². The molecular formula is C22H27NO5. The highest BCUT2D eigenvalue weighted by Crippen LogP contribution is 2.14. The van der Waals surface area contributed by atoms with Gasteiger partial charge in [-0.15, -0.1) is 0 Å². The minimum Gasteiger partial charge on any atom is -0.508 e. The predicted octanol–water partition coefficient (Wildman–Crippen LogP) is 3.96. The Morgan fingerprint density at radius 1 is 1.00 bits per heavy atom. The van der Waals surface area contributed by atoms with Gasteiger partial charge in [-0.1, -0.05) is 42.5 Å². The fourth-order valence-electron chi connectivity index (χ4n) is 2.50. The van der Waals surface area contributed by atoms with E-state index < -0.39 is 23.7 Å². The number of hydrogen-bond acceptors (Lipinski definition) is 5. The van der Waals surface area contributed by atoms with E-state index >= 15 is 0 Å². The molecule has 0 aliphatic carbocycles. The van der Waals surface area contributed by atoms with E-state index in [1.54, 1.807) is 45.0 Å². The van der Waals surface area contributed by atoms with Crippen LogP contribution in [0.1, 0.15) is 38.3 Å². The van der Waals surface area contributed by atoms with Crippen molar-refractivity contribution >= 4 is 12.1 Å². The average molecular weight is 385 g/mol. The van der Waals surface area contributed by atoms with Crippen molar-refractivity contribution in [3.8, 4) is 5.75 Å². The second kappa shape index (κ2) is 9.78. The van der Waals surface area contributed by atoms with Crippen LogP contribution in [0.15, 0.2) is 54.6 Å². The molecule has 2 aromatic carbocycles. The summed E-state index contributed by atoms with van der Waals surface area (Å²) in [4.78, 5) is 24.7. The van der Waals surface area contributed by atoms with Gasteiger partial charge in [0.25, 0.3) is 0 Å². The summed E-state index contributed by atoms with van der Waals surface area (Å²) in [6, 6.07) is 15.2. The molecule has 2 rings (SSSR count). The number of benzene rings is 2. The molecule has 0 bridgehead atoms. The van der Waals surface area contributed by atoms with Gasteiger partial charge in [0.2, 0.25) is 0 Å². The van der Waals surface area contributed by atoms with Crippen LogP contribution >= 0.6 is 0 Å². The molecule has 0 saturated heterocycles. The van der Waals surface area contributed by atoms with Gasteiger partial charge in [-0.3, -0.25) is 0 Å². The van der Waals surface area contributed by atoms with Gasteiger partial charge in [0.15, 0.2) is 0 Å². The topological polar surface area (TPSA) is 84.9 Å². The summed E-state index contributed by atoms with van der Waals surface area (Å²) in [5.41, 5.74) is 1.13. The molecule has 0 spiro atoms. The van der Waals surface area contributed by atoms with Crippen LogP contribution in [0, 0.1) is 0 Å². The number of ether oxygens (including phenoxy) is 2. The van der Waals surface area contributed by atoms with Crippen molar-refractivity contribution < 1.29 is 24.2 Å². The number of aryl methyl sites for hydroxylation is 1. The molecule has 6 heteroatoms. The number of aromatic hydroxyl groups is 1. The van der Waals surface area contributed by atoms with Gasteiger partial charge in [0, 0.05) is 0 Å². The highest BCUT2D eigenvalue weighted by molar-refractivity contribution is 5.81. The van der Waals surface area contributed by atoms with E-state index in [0.29, 0.717) is 12.8 Å². The Kier molecular flexibility index (Phi) is 7.44. The normalized spacial score (nSPS) is 12.1. The van der Waals surface area contributed by atoms with Crippen molar-refractivity contribution in [2.24, 2.45) is 0 Å². The lowest BCUT2D eigenvalue weighted by Gasteiger charge is -2.23. The van der Waals surface area contributed by atoms with Gasteiger partial charge in [0.05, 0.1) is 0 Å². The van der Waals surface area contributed by atoms with Crippen LogP contribution in [0.5, 0.6) is 5.75 Å². The van der Waals surface area contributed by atoms with E-state index in [-0.39, 0.29) is 12.4 Å². The minimum atomic E-state index is -0.840. The Balaban J connectivity index is 2.00. The summed E-state index contributed by atoms with van der Waals surface area (Å²) >= 11 is 0. The average Bonchev–Trinajstić information content (AvgIpc) is 2.64. The summed E-state index contributed by atoms with van der Waals surface area (Å²) in [5.74, 6) is -0.344. The Bertz CT molecular complexity index is 766. The molecule has 0 unspecified atom stereocenters. The second-order valence-corrected chi connectivity index (χ2v) is 7.50. The Labute approximate surface area is 165 Å². The van der Waals surface area contributed by atoms with Crippen LogP contribution in [0.25, 0.3) is 0 Å². The maximum absolute atomic E-state index is 12.6. The number of carbonyl (C=O) groups excluding carboxylic acids is 2. The second-order valence-electron chi connectivity index (χ2n) is 7.50. The molecule has 2 N–H and O–H groups in total. The number of phenols is 1. The third kappa shape index (κ3) is 7.70. The SMILES string of the molecule is CC(C)(C)OC(=O)N[C@H](CCc1ccc(O)cc1)C(=O)OCc1ccccc1. The first-order chi connectivity index (χ1) is 13.2. The van der Waals surface area contributed by atoms with Crippen LogP contribution in [-0.4, -0.2) is 28.8 Å². The van der Waals surface area contributed by atoms with Crippen molar-refractivity contribution in [2.75, 3.05) is 0 Å². The molecule has 0 saturated carbocycles. The third-order valence-electron chi connectivity index (χ3n) is 3.86. The van der Waals surface area contributed by atoms with Gasteiger partial charge >= 0.3 is 12.1 Å².